The molecule has 2 rings (SSSR count). The lowest BCUT2D eigenvalue weighted by Gasteiger charge is -2.01. The fourth-order valence-electron chi connectivity index (χ4n) is 1.38. The highest BCUT2D eigenvalue weighted by atomic mass is 28.2. The Balaban J connectivity index is 2.35. The van der Waals surface area contributed by atoms with E-state index < -0.39 is 8.59 Å². The molecular weight excluding hydrogens is 186 g/mol. The third kappa shape index (κ3) is 1.85. The topological polar surface area (TPSA) is 23.9 Å². The highest BCUT2D eigenvalue weighted by Gasteiger charge is 2.03. The van der Waals surface area contributed by atoms with Crippen LogP contribution in [-0.2, 0) is 0 Å². The van der Waals surface area contributed by atoms with Crippen molar-refractivity contribution in [1.82, 2.24) is 0 Å². The van der Waals surface area contributed by atoms with Crippen molar-refractivity contribution >= 4 is 19.0 Å². The molecule has 2 aromatic carbocycles. The summed E-state index contributed by atoms with van der Waals surface area (Å²) in [6.45, 7) is 0. The zero-order valence-electron chi connectivity index (χ0n) is 7.77. The molecule has 68 valence electrons. The van der Waals surface area contributed by atoms with Crippen LogP contribution in [0.4, 0.5) is 0 Å². The molecular formula is C12H11NSi. The Morgan fingerprint density at radius 2 is 1.00 bits per heavy atom. The number of hydrogen-bond acceptors (Lipinski definition) is 1. The zero-order chi connectivity index (χ0) is 9.80. The van der Waals surface area contributed by atoms with Crippen LogP contribution in [0.25, 0.3) is 0 Å². The maximum Gasteiger partial charge on any atom is 0.185 e. The minimum absolute atomic E-state index is 1.14. The number of rotatable bonds is 2. The van der Waals surface area contributed by atoms with E-state index in [-0.39, 0.29) is 0 Å². The predicted octanol–water partition coefficient (Wildman–Crippen LogP) is 1.64. The molecule has 1 nitrogen and oxygen atoms in total. The molecule has 0 bridgehead atoms. The summed E-state index contributed by atoms with van der Waals surface area (Å²) in [6.07, 6.45) is 0. The van der Waals surface area contributed by atoms with Crippen molar-refractivity contribution in [2.75, 3.05) is 0 Å². The minimum Gasteiger partial charge on any atom is -0.341 e. The molecule has 0 amide bonds. The summed E-state index contributed by atoms with van der Waals surface area (Å²) >= 11 is 0. The Labute approximate surface area is 85.2 Å². The minimum atomic E-state index is -1.29. The molecule has 0 aliphatic carbocycles. The first-order chi connectivity index (χ1) is 6.88. The Bertz CT molecular complexity index is 381. The molecule has 0 atom stereocenters. The fraction of sp³-hybridized carbons (Fsp3) is 0. The van der Waals surface area contributed by atoms with Crippen LogP contribution >= 0.6 is 0 Å². The van der Waals surface area contributed by atoms with Crippen molar-refractivity contribution in [1.29, 1.82) is 5.05 Å². The molecule has 2 heteroatoms. The van der Waals surface area contributed by atoms with E-state index in [9.17, 15) is 0 Å². The summed E-state index contributed by atoms with van der Waals surface area (Å²) in [4.78, 5) is 0. The van der Waals surface area contributed by atoms with Crippen LogP contribution in [0, 0.1) is 5.05 Å². The van der Waals surface area contributed by atoms with E-state index in [1.54, 1.807) is 0 Å². The monoisotopic (exact) mass is 197 g/mol. The van der Waals surface area contributed by atoms with Gasteiger partial charge in [0.2, 0.25) is 0 Å². The van der Waals surface area contributed by atoms with Gasteiger partial charge in [-0.3, -0.25) is 0 Å². The predicted molar refractivity (Wildman–Crippen MR) is 60.6 cm³/mol. The second kappa shape index (κ2) is 4.11. The molecule has 0 spiro atoms. The average Bonchev–Trinajstić information content (AvgIpc) is 2.30. The van der Waals surface area contributed by atoms with Gasteiger partial charge < -0.3 is 5.05 Å². The van der Waals surface area contributed by atoms with E-state index in [2.05, 4.69) is 0 Å². The van der Waals surface area contributed by atoms with Gasteiger partial charge in [0.05, 0.1) is 0 Å². The summed E-state index contributed by atoms with van der Waals surface area (Å²) < 4.78 is 0. The summed E-state index contributed by atoms with van der Waals surface area (Å²) in [7, 11) is -1.29. The van der Waals surface area contributed by atoms with E-state index in [0.717, 1.165) is 10.4 Å². The Morgan fingerprint density at radius 1 is 0.643 bits per heavy atom. The largest absolute Gasteiger partial charge is 0.341 e. The normalized spacial score (nSPS) is 9.71. The first-order valence-electron chi connectivity index (χ1n) is 4.57. The molecule has 14 heavy (non-hydrogen) atoms. The van der Waals surface area contributed by atoms with Crippen molar-refractivity contribution in [3.63, 3.8) is 0 Å². The van der Waals surface area contributed by atoms with Crippen molar-refractivity contribution in [2.24, 2.45) is 0 Å². The van der Waals surface area contributed by atoms with E-state index in [0.29, 0.717) is 0 Å². The van der Waals surface area contributed by atoms with Crippen LogP contribution in [0.15, 0.2) is 60.7 Å². The molecule has 0 aliphatic rings. The van der Waals surface area contributed by atoms with Gasteiger partial charge in [0.25, 0.3) is 0 Å². The van der Waals surface area contributed by atoms with Gasteiger partial charge in [-0.05, 0) is 10.4 Å². The SMILES string of the molecule is N=[Si](c1ccccc1)c1ccccc1. The molecule has 0 saturated heterocycles. The van der Waals surface area contributed by atoms with Gasteiger partial charge in [-0.25, -0.2) is 0 Å². The molecule has 0 radical (unpaired) electrons. The smallest absolute Gasteiger partial charge is 0.185 e. The third-order valence-corrected chi connectivity index (χ3v) is 3.95. The van der Waals surface area contributed by atoms with Crippen LogP contribution in [0.2, 0.25) is 0 Å². The standard InChI is InChI=1S/C12H11NSi/c13-14(11-7-3-1-4-8-11)12-9-5-2-6-10-12/h1-10,13H. The highest BCUT2D eigenvalue weighted by molar-refractivity contribution is 6.74. The number of hydrogen-bond donors (Lipinski definition) is 1. The Kier molecular flexibility index (Phi) is 2.65. The van der Waals surface area contributed by atoms with Crippen LogP contribution in [-0.4, -0.2) is 8.59 Å². The molecule has 0 saturated carbocycles. The Morgan fingerprint density at radius 3 is 1.36 bits per heavy atom. The first kappa shape index (κ1) is 9.03. The van der Waals surface area contributed by atoms with Crippen LogP contribution in [0.5, 0.6) is 0 Å². The molecule has 0 fully saturated rings. The Hall–Kier alpha value is -1.54. The zero-order valence-corrected chi connectivity index (χ0v) is 8.77. The lowest BCUT2D eigenvalue weighted by atomic mass is 10.4. The second-order valence-electron chi connectivity index (χ2n) is 3.11. The lowest BCUT2D eigenvalue weighted by Crippen LogP contribution is -2.32. The van der Waals surface area contributed by atoms with Gasteiger partial charge in [-0.2, -0.15) is 0 Å². The van der Waals surface area contributed by atoms with Crippen molar-refractivity contribution in [3.05, 3.63) is 60.7 Å². The van der Waals surface area contributed by atoms with Gasteiger partial charge in [-0.15, -0.1) is 0 Å². The van der Waals surface area contributed by atoms with Crippen molar-refractivity contribution in [2.45, 2.75) is 0 Å². The summed E-state index contributed by atoms with van der Waals surface area (Å²) in [6, 6.07) is 20.1. The van der Waals surface area contributed by atoms with E-state index >= 15 is 0 Å². The van der Waals surface area contributed by atoms with Gasteiger partial charge in [0, 0.05) is 0 Å². The van der Waals surface area contributed by atoms with Crippen molar-refractivity contribution in [3.8, 4) is 0 Å². The lowest BCUT2D eigenvalue weighted by molar-refractivity contribution is 1.57. The fourth-order valence-corrected chi connectivity index (χ4v) is 2.76. The van der Waals surface area contributed by atoms with Crippen molar-refractivity contribution < 1.29 is 0 Å². The maximum absolute atomic E-state index is 8.16. The van der Waals surface area contributed by atoms with Gasteiger partial charge in [0.1, 0.15) is 0 Å². The average molecular weight is 197 g/mol. The van der Waals surface area contributed by atoms with Gasteiger partial charge in [0.15, 0.2) is 8.59 Å². The van der Waals surface area contributed by atoms with E-state index in [1.165, 1.54) is 0 Å². The van der Waals surface area contributed by atoms with Gasteiger partial charge >= 0.3 is 0 Å². The second-order valence-corrected chi connectivity index (χ2v) is 5.01. The number of benzene rings is 2. The molecule has 0 aromatic heterocycles. The van der Waals surface area contributed by atoms with E-state index in [1.807, 2.05) is 60.7 Å². The molecule has 1 N–H and O–H groups in total. The molecule has 0 aliphatic heterocycles. The summed E-state index contributed by atoms with van der Waals surface area (Å²) in [5.41, 5.74) is 0. The van der Waals surface area contributed by atoms with Crippen LogP contribution in [0.1, 0.15) is 0 Å². The quantitative estimate of drug-likeness (QED) is 0.708. The number of nitrogens with one attached hydrogen (secondary N) is 1. The van der Waals surface area contributed by atoms with E-state index in [4.69, 9.17) is 5.05 Å². The highest BCUT2D eigenvalue weighted by Crippen LogP contribution is 1.87. The molecule has 2 aromatic rings. The third-order valence-electron chi connectivity index (χ3n) is 2.12. The van der Waals surface area contributed by atoms with Gasteiger partial charge in [-0.1, -0.05) is 60.7 Å². The van der Waals surface area contributed by atoms with Crippen LogP contribution < -0.4 is 10.4 Å². The maximum atomic E-state index is 8.16. The first-order valence-corrected chi connectivity index (χ1v) is 6.07. The van der Waals surface area contributed by atoms with Crippen LogP contribution in [0.3, 0.4) is 0 Å². The molecule has 0 heterocycles. The summed E-state index contributed by atoms with van der Waals surface area (Å²) in [5, 5.41) is 10.4. The molecule has 0 unspecified atom stereocenters. The summed E-state index contributed by atoms with van der Waals surface area (Å²) in [5.74, 6) is 0.